The standard InChI is InChI=1S/C13H13BrN2O3/c1-2-5-15-12(17)7-16-10-4-3-9(14)6-11(10)19-8-13(16)18/h2-4,6H,1,5,7-8H2,(H,15,17). The van der Waals surface area contributed by atoms with E-state index in [0.717, 1.165) is 4.47 Å². The molecule has 0 aromatic heterocycles. The molecule has 1 heterocycles. The lowest BCUT2D eigenvalue weighted by Crippen LogP contribution is -2.45. The number of carbonyl (C=O) groups is 2. The van der Waals surface area contributed by atoms with Crippen LogP contribution in [0.25, 0.3) is 0 Å². The minimum absolute atomic E-state index is 0.0231. The van der Waals surface area contributed by atoms with Crippen LogP contribution in [0.1, 0.15) is 0 Å². The van der Waals surface area contributed by atoms with E-state index in [2.05, 4.69) is 27.8 Å². The van der Waals surface area contributed by atoms with Gasteiger partial charge in [0.05, 0.1) is 5.69 Å². The highest BCUT2D eigenvalue weighted by atomic mass is 79.9. The highest BCUT2D eigenvalue weighted by Crippen LogP contribution is 2.34. The summed E-state index contributed by atoms with van der Waals surface area (Å²) in [6, 6.07) is 5.32. The van der Waals surface area contributed by atoms with Crippen LogP contribution in [0, 0.1) is 0 Å². The number of benzene rings is 1. The molecule has 1 aliphatic heterocycles. The van der Waals surface area contributed by atoms with E-state index < -0.39 is 0 Å². The van der Waals surface area contributed by atoms with E-state index in [1.807, 2.05) is 0 Å². The molecule has 5 nitrogen and oxygen atoms in total. The fourth-order valence-corrected chi connectivity index (χ4v) is 2.08. The van der Waals surface area contributed by atoms with Crippen molar-refractivity contribution in [2.45, 2.75) is 0 Å². The zero-order valence-corrected chi connectivity index (χ0v) is 11.8. The van der Waals surface area contributed by atoms with E-state index >= 15 is 0 Å². The lowest BCUT2D eigenvalue weighted by molar-refractivity contribution is -0.125. The average Bonchev–Trinajstić information content (AvgIpc) is 2.39. The number of hydrogen-bond donors (Lipinski definition) is 1. The number of fused-ring (bicyclic) bond motifs is 1. The molecule has 0 radical (unpaired) electrons. The van der Waals surface area contributed by atoms with Crippen molar-refractivity contribution < 1.29 is 14.3 Å². The van der Waals surface area contributed by atoms with Crippen LogP contribution >= 0.6 is 15.9 Å². The number of halogens is 1. The van der Waals surface area contributed by atoms with E-state index in [9.17, 15) is 9.59 Å². The molecule has 6 heteroatoms. The van der Waals surface area contributed by atoms with Gasteiger partial charge in [0.2, 0.25) is 5.91 Å². The molecule has 0 fully saturated rings. The van der Waals surface area contributed by atoms with Crippen LogP contribution in [0.2, 0.25) is 0 Å². The van der Waals surface area contributed by atoms with Crippen LogP contribution in [-0.4, -0.2) is 31.5 Å². The van der Waals surface area contributed by atoms with Gasteiger partial charge in [0.15, 0.2) is 6.61 Å². The Balaban J connectivity index is 2.18. The maximum atomic E-state index is 11.8. The van der Waals surface area contributed by atoms with Gasteiger partial charge in [-0.2, -0.15) is 0 Å². The molecule has 1 aromatic carbocycles. The van der Waals surface area contributed by atoms with E-state index in [-0.39, 0.29) is 25.0 Å². The Bertz CT molecular complexity index is 531. The molecule has 0 spiro atoms. The van der Waals surface area contributed by atoms with Crippen LogP contribution in [0.5, 0.6) is 5.75 Å². The fraction of sp³-hybridized carbons (Fsp3) is 0.231. The van der Waals surface area contributed by atoms with Crippen molar-refractivity contribution in [2.24, 2.45) is 0 Å². The molecule has 1 aliphatic rings. The zero-order valence-electron chi connectivity index (χ0n) is 10.2. The Morgan fingerprint density at radius 1 is 1.58 bits per heavy atom. The van der Waals surface area contributed by atoms with Crippen LogP contribution in [0.3, 0.4) is 0 Å². The number of nitrogens with one attached hydrogen (secondary N) is 1. The first-order valence-corrected chi connectivity index (χ1v) is 6.51. The van der Waals surface area contributed by atoms with Crippen LogP contribution < -0.4 is 15.0 Å². The average molecular weight is 325 g/mol. The maximum absolute atomic E-state index is 11.8. The summed E-state index contributed by atoms with van der Waals surface area (Å²) in [7, 11) is 0. The van der Waals surface area contributed by atoms with Crippen molar-refractivity contribution in [1.29, 1.82) is 0 Å². The molecule has 0 unspecified atom stereocenters. The molecule has 0 saturated heterocycles. The van der Waals surface area contributed by atoms with Gasteiger partial charge in [-0.25, -0.2) is 0 Å². The van der Waals surface area contributed by atoms with Crippen LogP contribution in [0.15, 0.2) is 35.3 Å². The molecule has 0 aliphatic carbocycles. The van der Waals surface area contributed by atoms with Gasteiger partial charge in [-0.1, -0.05) is 22.0 Å². The lowest BCUT2D eigenvalue weighted by Gasteiger charge is -2.28. The highest BCUT2D eigenvalue weighted by Gasteiger charge is 2.27. The number of hydrogen-bond acceptors (Lipinski definition) is 3. The molecule has 0 saturated carbocycles. The van der Waals surface area contributed by atoms with Crippen molar-refractivity contribution in [3.8, 4) is 5.75 Å². The first-order chi connectivity index (χ1) is 9.11. The number of nitrogens with zero attached hydrogens (tertiary/aromatic N) is 1. The summed E-state index contributed by atoms with van der Waals surface area (Å²) in [4.78, 5) is 25.0. The van der Waals surface area contributed by atoms with Gasteiger partial charge < -0.3 is 10.1 Å². The van der Waals surface area contributed by atoms with Gasteiger partial charge in [-0.3, -0.25) is 14.5 Å². The fourth-order valence-electron chi connectivity index (χ4n) is 1.74. The number of amides is 2. The Kier molecular flexibility index (Phi) is 4.21. The SMILES string of the molecule is C=CCNC(=O)CN1C(=O)COc2cc(Br)ccc21. The van der Waals surface area contributed by atoms with Gasteiger partial charge in [-0.05, 0) is 18.2 Å². The summed E-state index contributed by atoms with van der Waals surface area (Å²) in [6.07, 6.45) is 1.59. The number of carbonyl (C=O) groups excluding carboxylic acids is 2. The monoisotopic (exact) mass is 324 g/mol. The molecule has 0 bridgehead atoms. The topological polar surface area (TPSA) is 58.6 Å². The Hall–Kier alpha value is -1.82. The molecule has 1 aromatic rings. The zero-order chi connectivity index (χ0) is 13.8. The van der Waals surface area contributed by atoms with E-state index in [0.29, 0.717) is 18.0 Å². The molecular formula is C13H13BrN2O3. The second-order valence-electron chi connectivity index (χ2n) is 3.97. The predicted octanol–water partition coefficient (Wildman–Crippen LogP) is 1.48. The van der Waals surface area contributed by atoms with Gasteiger partial charge in [-0.15, -0.1) is 6.58 Å². The van der Waals surface area contributed by atoms with Gasteiger partial charge in [0.25, 0.3) is 5.91 Å². The number of rotatable bonds is 4. The Morgan fingerprint density at radius 3 is 3.11 bits per heavy atom. The number of ether oxygens (including phenoxy) is 1. The van der Waals surface area contributed by atoms with Crippen LogP contribution in [-0.2, 0) is 9.59 Å². The summed E-state index contributed by atoms with van der Waals surface area (Å²) in [5.74, 6) is 0.123. The van der Waals surface area contributed by atoms with Crippen molar-refractivity contribution in [3.63, 3.8) is 0 Å². The molecule has 0 atom stereocenters. The minimum atomic E-state index is -0.233. The van der Waals surface area contributed by atoms with Gasteiger partial charge in [0, 0.05) is 11.0 Å². The van der Waals surface area contributed by atoms with Crippen molar-refractivity contribution in [2.75, 3.05) is 24.6 Å². The van der Waals surface area contributed by atoms with E-state index in [4.69, 9.17) is 4.74 Å². The second kappa shape index (κ2) is 5.88. The van der Waals surface area contributed by atoms with Crippen LogP contribution in [0.4, 0.5) is 5.69 Å². The minimum Gasteiger partial charge on any atom is -0.482 e. The third-order valence-corrected chi connectivity index (χ3v) is 3.10. The third kappa shape index (κ3) is 3.14. The lowest BCUT2D eigenvalue weighted by atomic mass is 10.2. The largest absolute Gasteiger partial charge is 0.482 e. The second-order valence-corrected chi connectivity index (χ2v) is 4.89. The molecule has 2 rings (SSSR count). The normalized spacial score (nSPS) is 13.5. The van der Waals surface area contributed by atoms with Gasteiger partial charge >= 0.3 is 0 Å². The summed E-state index contributed by atoms with van der Waals surface area (Å²) in [5, 5.41) is 2.64. The maximum Gasteiger partial charge on any atom is 0.265 e. The summed E-state index contributed by atoms with van der Waals surface area (Å²) < 4.78 is 6.20. The molecule has 1 N–H and O–H groups in total. The Labute approximate surface area is 119 Å². The molecule has 19 heavy (non-hydrogen) atoms. The Morgan fingerprint density at radius 2 is 2.37 bits per heavy atom. The smallest absolute Gasteiger partial charge is 0.265 e. The first-order valence-electron chi connectivity index (χ1n) is 5.72. The predicted molar refractivity (Wildman–Crippen MR) is 75.2 cm³/mol. The summed E-state index contributed by atoms with van der Waals surface area (Å²) >= 11 is 3.34. The third-order valence-electron chi connectivity index (χ3n) is 2.61. The number of anilines is 1. The summed E-state index contributed by atoms with van der Waals surface area (Å²) in [6.45, 7) is 3.82. The van der Waals surface area contributed by atoms with E-state index in [1.165, 1.54) is 4.90 Å². The van der Waals surface area contributed by atoms with E-state index in [1.54, 1.807) is 24.3 Å². The van der Waals surface area contributed by atoms with Crippen molar-refractivity contribution >= 4 is 33.4 Å². The van der Waals surface area contributed by atoms with Crippen molar-refractivity contribution in [3.05, 3.63) is 35.3 Å². The van der Waals surface area contributed by atoms with Crippen molar-refractivity contribution in [1.82, 2.24) is 5.32 Å². The quantitative estimate of drug-likeness (QED) is 0.853. The molecular weight excluding hydrogens is 312 g/mol. The first kappa shape index (κ1) is 13.6. The molecule has 2 amide bonds. The highest BCUT2D eigenvalue weighted by molar-refractivity contribution is 9.10. The van der Waals surface area contributed by atoms with Gasteiger partial charge in [0.1, 0.15) is 12.3 Å². The molecule has 100 valence electrons. The summed E-state index contributed by atoms with van der Waals surface area (Å²) in [5.41, 5.74) is 0.605.